The summed E-state index contributed by atoms with van der Waals surface area (Å²) in [5, 5.41) is 6.67. The van der Waals surface area contributed by atoms with E-state index in [0.717, 1.165) is 11.5 Å². The standard InChI is InChI=1S/C13H16ClN7O2S/c1-3-6(10(15)22)18-7-4-17-9(11(16)23)12(19-7)20-13-8(14)5(2)21-24-13/h4,6H,3H2,1-2H3,(H2,15,22)(H2,16,23)(H2,18,19,20). The topological polar surface area (TPSA) is 149 Å². The Morgan fingerprint density at radius 3 is 2.62 bits per heavy atom. The van der Waals surface area contributed by atoms with Crippen molar-refractivity contribution < 1.29 is 9.59 Å². The summed E-state index contributed by atoms with van der Waals surface area (Å²) in [5.74, 6) is -0.896. The zero-order chi connectivity index (χ0) is 17.9. The average Bonchev–Trinajstić information content (AvgIpc) is 2.84. The molecule has 11 heteroatoms. The van der Waals surface area contributed by atoms with Gasteiger partial charge in [0, 0.05) is 0 Å². The van der Waals surface area contributed by atoms with Crippen LogP contribution < -0.4 is 22.1 Å². The number of primary amides is 2. The van der Waals surface area contributed by atoms with Crippen LogP contribution in [0.1, 0.15) is 29.5 Å². The third-order valence-electron chi connectivity index (χ3n) is 3.10. The fourth-order valence-corrected chi connectivity index (χ4v) is 2.76. The van der Waals surface area contributed by atoms with Crippen LogP contribution in [0.25, 0.3) is 0 Å². The van der Waals surface area contributed by atoms with Crippen molar-refractivity contribution in [2.24, 2.45) is 11.5 Å². The minimum Gasteiger partial charge on any atom is -0.368 e. The van der Waals surface area contributed by atoms with Crippen molar-refractivity contribution in [3.63, 3.8) is 0 Å². The van der Waals surface area contributed by atoms with Gasteiger partial charge in [0.2, 0.25) is 5.91 Å². The van der Waals surface area contributed by atoms with Gasteiger partial charge in [-0.1, -0.05) is 18.5 Å². The smallest absolute Gasteiger partial charge is 0.271 e. The molecule has 0 aliphatic carbocycles. The van der Waals surface area contributed by atoms with E-state index in [1.807, 2.05) is 0 Å². The maximum Gasteiger partial charge on any atom is 0.271 e. The first-order valence-corrected chi connectivity index (χ1v) is 8.10. The number of halogens is 1. The molecule has 0 aliphatic rings. The number of aromatic nitrogens is 3. The highest BCUT2D eigenvalue weighted by atomic mass is 35.5. The number of rotatable bonds is 7. The number of carbonyl (C=O) groups is 2. The summed E-state index contributed by atoms with van der Waals surface area (Å²) in [6.07, 6.45) is 1.77. The van der Waals surface area contributed by atoms with Crippen LogP contribution in [0.15, 0.2) is 6.20 Å². The van der Waals surface area contributed by atoms with Crippen molar-refractivity contribution in [1.29, 1.82) is 0 Å². The van der Waals surface area contributed by atoms with Crippen LogP contribution in [0.2, 0.25) is 5.02 Å². The summed E-state index contributed by atoms with van der Waals surface area (Å²) in [7, 11) is 0. The number of nitrogens with two attached hydrogens (primary N) is 2. The molecule has 1 unspecified atom stereocenters. The Bertz CT molecular complexity index is 780. The van der Waals surface area contributed by atoms with Crippen LogP contribution >= 0.6 is 23.1 Å². The molecular weight excluding hydrogens is 354 g/mol. The number of amides is 2. The van der Waals surface area contributed by atoms with Gasteiger partial charge in [-0.15, -0.1) is 0 Å². The summed E-state index contributed by atoms with van der Waals surface area (Å²) in [6, 6.07) is -0.610. The lowest BCUT2D eigenvalue weighted by molar-refractivity contribution is -0.118. The second-order valence-corrected chi connectivity index (χ2v) is 6.01. The van der Waals surface area contributed by atoms with Crippen molar-refractivity contribution in [2.45, 2.75) is 26.3 Å². The quantitative estimate of drug-likeness (QED) is 0.576. The van der Waals surface area contributed by atoms with Crippen LogP contribution in [0.3, 0.4) is 0 Å². The molecule has 0 bridgehead atoms. The predicted molar refractivity (Wildman–Crippen MR) is 92.6 cm³/mol. The van der Waals surface area contributed by atoms with E-state index < -0.39 is 17.9 Å². The monoisotopic (exact) mass is 369 g/mol. The lowest BCUT2D eigenvalue weighted by atomic mass is 10.2. The Kier molecular flexibility index (Phi) is 5.52. The van der Waals surface area contributed by atoms with Gasteiger partial charge in [0.15, 0.2) is 11.5 Å². The Hall–Kier alpha value is -2.46. The SMILES string of the molecule is CCC(Nc1cnc(C(N)=O)c(Nc2snc(C)c2Cl)n1)C(N)=O. The Labute approximate surface area is 147 Å². The minimum atomic E-state index is -0.754. The molecule has 2 aromatic heterocycles. The van der Waals surface area contributed by atoms with Crippen LogP contribution in [-0.4, -0.2) is 32.2 Å². The van der Waals surface area contributed by atoms with Gasteiger partial charge >= 0.3 is 0 Å². The van der Waals surface area contributed by atoms with Gasteiger partial charge in [-0.3, -0.25) is 9.59 Å². The molecule has 0 fully saturated rings. The fraction of sp³-hybridized carbons (Fsp3) is 0.308. The molecule has 1 atom stereocenters. The number of carbonyl (C=O) groups excluding carboxylic acids is 2. The third kappa shape index (κ3) is 3.89. The van der Waals surface area contributed by atoms with Gasteiger partial charge in [-0.2, -0.15) is 4.37 Å². The molecule has 0 saturated carbocycles. The van der Waals surface area contributed by atoms with Crippen molar-refractivity contribution in [2.75, 3.05) is 10.6 Å². The third-order valence-corrected chi connectivity index (χ3v) is 4.53. The molecule has 0 radical (unpaired) electrons. The molecule has 2 heterocycles. The van der Waals surface area contributed by atoms with Gasteiger partial charge < -0.3 is 22.1 Å². The summed E-state index contributed by atoms with van der Waals surface area (Å²) in [6.45, 7) is 3.55. The normalized spacial score (nSPS) is 11.8. The maximum atomic E-state index is 11.5. The predicted octanol–water partition coefficient (Wildman–Crippen LogP) is 1.41. The van der Waals surface area contributed by atoms with Gasteiger partial charge in [0.25, 0.3) is 5.91 Å². The Morgan fingerprint density at radius 2 is 2.12 bits per heavy atom. The largest absolute Gasteiger partial charge is 0.368 e. The molecule has 0 saturated heterocycles. The number of aryl methyl sites for hydroxylation is 1. The highest BCUT2D eigenvalue weighted by molar-refractivity contribution is 7.11. The van der Waals surface area contributed by atoms with Gasteiger partial charge in [-0.25, -0.2) is 9.97 Å². The lowest BCUT2D eigenvalue weighted by Gasteiger charge is -2.15. The van der Waals surface area contributed by atoms with Crippen molar-refractivity contribution in [3.8, 4) is 0 Å². The highest BCUT2D eigenvalue weighted by Crippen LogP contribution is 2.32. The van der Waals surface area contributed by atoms with E-state index in [4.69, 9.17) is 23.1 Å². The number of nitrogens with zero attached hydrogens (tertiary/aromatic N) is 3. The second-order valence-electron chi connectivity index (χ2n) is 4.86. The zero-order valence-electron chi connectivity index (χ0n) is 13.0. The van der Waals surface area contributed by atoms with Crippen molar-refractivity contribution >= 4 is 51.6 Å². The highest BCUT2D eigenvalue weighted by Gasteiger charge is 2.18. The zero-order valence-corrected chi connectivity index (χ0v) is 14.5. The van der Waals surface area contributed by atoms with Crippen LogP contribution in [0, 0.1) is 6.92 Å². The van der Waals surface area contributed by atoms with E-state index in [2.05, 4.69) is 25.0 Å². The molecular formula is C13H16ClN7O2S. The van der Waals surface area contributed by atoms with Crippen molar-refractivity contribution in [1.82, 2.24) is 14.3 Å². The number of hydrogen-bond donors (Lipinski definition) is 4. The average molecular weight is 370 g/mol. The molecule has 6 N–H and O–H groups in total. The molecule has 0 spiro atoms. The molecule has 128 valence electrons. The maximum absolute atomic E-state index is 11.5. The fourth-order valence-electron chi connectivity index (χ4n) is 1.82. The van der Waals surface area contributed by atoms with Crippen LogP contribution in [-0.2, 0) is 4.79 Å². The van der Waals surface area contributed by atoms with E-state index in [-0.39, 0.29) is 17.3 Å². The van der Waals surface area contributed by atoms with E-state index >= 15 is 0 Å². The van der Waals surface area contributed by atoms with E-state index in [0.29, 0.717) is 22.1 Å². The molecule has 0 aliphatic heterocycles. The first-order valence-electron chi connectivity index (χ1n) is 6.95. The number of nitrogens with one attached hydrogen (secondary N) is 2. The summed E-state index contributed by atoms with van der Waals surface area (Å²) < 4.78 is 4.10. The summed E-state index contributed by atoms with van der Waals surface area (Å²) >= 11 is 7.24. The molecule has 2 aromatic rings. The van der Waals surface area contributed by atoms with Crippen LogP contribution in [0.5, 0.6) is 0 Å². The van der Waals surface area contributed by atoms with E-state index in [1.165, 1.54) is 6.20 Å². The molecule has 9 nitrogen and oxygen atoms in total. The number of anilines is 3. The summed E-state index contributed by atoms with van der Waals surface area (Å²) in [5.41, 5.74) is 11.2. The molecule has 2 rings (SSSR count). The summed E-state index contributed by atoms with van der Waals surface area (Å²) in [4.78, 5) is 31.1. The minimum absolute atomic E-state index is 0.0604. The second kappa shape index (κ2) is 7.41. The molecule has 24 heavy (non-hydrogen) atoms. The van der Waals surface area contributed by atoms with Gasteiger partial charge in [0.05, 0.1) is 16.9 Å². The first-order chi connectivity index (χ1) is 11.3. The Balaban J connectivity index is 2.36. The lowest BCUT2D eigenvalue weighted by Crippen LogP contribution is -2.35. The number of hydrogen-bond acceptors (Lipinski definition) is 8. The first kappa shape index (κ1) is 17.9. The van der Waals surface area contributed by atoms with Crippen molar-refractivity contribution in [3.05, 3.63) is 22.6 Å². The van der Waals surface area contributed by atoms with E-state index in [9.17, 15) is 9.59 Å². The van der Waals surface area contributed by atoms with Gasteiger partial charge in [0.1, 0.15) is 16.9 Å². The molecule has 0 aromatic carbocycles. The molecule has 2 amide bonds. The Morgan fingerprint density at radius 1 is 1.42 bits per heavy atom. The van der Waals surface area contributed by atoms with Gasteiger partial charge in [-0.05, 0) is 24.9 Å². The van der Waals surface area contributed by atoms with Crippen LogP contribution in [0.4, 0.5) is 16.6 Å². The van der Waals surface area contributed by atoms with E-state index in [1.54, 1.807) is 13.8 Å².